The predicted molar refractivity (Wildman–Crippen MR) is 78.1 cm³/mol. The molecular weight excluding hydrogens is 240 g/mol. The van der Waals surface area contributed by atoms with Crippen LogP contribution in [0.5, 0.6) is 0 Å². The van der Waals surface area contributed by atoms with Crippen molar-refractivity contribution in [3.63, 3.8) is 0 Å². The van der Waals surface area contributed by atoms with E-state index in [1.54, 1.807) is 11.3 Å². The molecule has 1 aromatic carbocycles. The van der Waals surface area contributed by atoms with Crippen LogP contribution < -0.4 is 0 Å². The van der Waals surface area contributed by atoms with Gasteiger partial charge in [0.2, 0.25) is 0 Å². The van der Waals surface area contributed by atoms with Gasteiger partial charge in [-0.05, 0) is 52.3 Å². The number of aryl methyl sites for hydroxylation is 1. The van der Waals surface area contributed by atoms with Gasteiger partial charge in [0.05, 0.1) is 6.10 Å². The summed E-state index contributed by atoms with van der Waals surface area (Å²) in [4.78, 5) is 0. The Morgan fingerprint density at radius 3 is 2.28 bits per heavy atom. The standard InChI is InChI=1S/C16H20OS/c1-12(2)14-4-6-15(7-5-14)16(17)8-3-13-9-10-18-11-13/h4-7,9-12,16-17H,3,8H2,1-2H3. The first-order chi connectivity index (χ1) is 8.66. The first-order valence-electron chi connectivity index (χ1n) is 6.46. The second kappa shape index (κ2) is 6.17. The highest BCUT2D eigenvalue weighted by Crippen LogP contribution is 2.22. The summed E-state index contributed by atoms with van der Waals surface area (Å²) in [6.07, 6.45) is 1.38. The zero-order chi connectivity index (χ0) is 13.0. The molecule has 0 bridgehead atoms. The Morgan fingerprint density at radius 2 is 1.72 bits per heavy atom. The molecule has 0 spiro atoms. The lowest BCUT2D eigenvalue weighted by molar-refractivity contribution is 0.168. The van der Waals surface area contributed by atoms with Crippen LogP contribution in [-0.4, -0.2) is 5.11 Å². The quantitative estimate of drug-likeness (QED) is 0.837. The van der Waals surface area contributed by atoms with Gasteiger partial charge in [0.1, 0.15) is 0 Å². The van der Waals surface area contributed by atoms with Crippen LogP contribution in [0.3, 0.4) is 0 Å². The van der Waals surface area contributed by atoms with E-state index in [1.165, 1.54) is 11.1 Å². The second-order valence-corrected chi connectivity index (χ2v) is 5.79. The summed E-state index contributed by atoms with van der Waals surface area (Å²) in [6, 6.07) is 10.5. The number of rotatable bonds is 5. The number of benzene rings is 1. The lowest BCUT2D eigenvalue weighted by Crippen LogP contribution is -1.99. The van der Waals surface area contributed by atoms with Gasteiger partial charge in [-0.2, -0.15) is 11.3 Å². The summed E-state index contributed by atoms with van der Waals surface area (Å²) in [5, 5.41) is 14.4. The van der Waals surface area contributed by atoms with Gasteiger partial charge < -0.3 is 5.11 Å². The molecule has 0 saturated heterocycles. The second-order valence-electron chi connectivity index (χ2n) is 5.01. The topological polar surface area (TPSA) is 20.2 Å². The molecule has 1 nitrogen and oxygen atoms in total. The molecule has 0 radical (unpaired) electrons. The van der Waals surface area contributed by atoms with Crippen LogP contribution >= 0.6 is 11.3 Å². The summed E-state index contributed by atoms with van der Waals surface area (Å²) in [5.74, 6) is 0.544. The lowest BCUT2D eigenvalue weighted by Gasteiger charge is -2.12. The predicted octanol–water partition coefficient (Wildman–Crippen LogP) is 4.54. The third-order valence-electron chi connectivity index (χ3n) is 3.27. The van der Waals surface area contributed by atoms with Crippen molar-refractivity contribution in [1.29, 1.82) is 0 Å². The van der Waals surface area contributed by atoms with Crippen molar-refractivity contribution in [3.05, 3.63) is 57.8 Å². The third-order valence-corrected chi connectivity index (χ3v) is 4.01. The molecule has 2 heteroatoms. The first kappa shape index (κ1) is 13.3. The van der Waals surface area contributed by atoms with E-state index in [-0.39, 0.29) is 6.10 Å². The molecule has 2 aromatic rings. The van der Waals surface area contributed by atoms with E-state index in [0.29, 0.717) is 5.92 Å². The fraction of sp³-hybridized carbons (Fsp3) is 0.375. The van der Waals surface area contributed by atoms with E-state index < -0.39 is 0 Å². The monoisotopic (exact) mass is 260 g/mol. The molecule has 0 saturated carbocycles. The highest BCUT2D eigenvalue weighted by molar-refractivity contribution is 7.07. The Kier molecular flexibility index (Phi) is 4.56. The molecule has 96 valence electrons. The van der Waals surface area contributed by atoms with Gasteiger partial charge >= 0.3 is 0 Å². The van der Waals surface area contributed by atoms with Gasteiger partial charge in [0, 0.05) is 0 Å². The van der Waals surface area contributed by atoms with Gasteiger partial charge in [-0.3, -0.25) is 0 Å². The van der Waals surface area contributed by atoms with E-state index in [0.717, 1.165) is 18.4 Å². The van der Waals surface area contributed by atoms with Gasteiger partial charge in [-0.1, -0.05) is 38.1 Å². The van der Waals surface area contributed by atoms with Crippen molar-refractivity contribution in [2.45, 2.75) is 38.7 Å². The third kappa shape index (κ3) is 3.44. The molecule has 2 rings (SSSR count). The van der Waals surface area contributed by atoms with Crippen molar-refractivity contribution in [2.24, 2.45) is 0 Å². The number of thiophene rings is 1. The summed E-state index contributed by atoms with van der Waals surface area (Å²) < 4.78 is 0. The van der Waals surface area contributed by atoms with Gasteiger partial charge in [-0.15, -0.1) is 0 Å². The average molecular weight is 260 g/mol. The molecule has 18 heavy (non-hydrogen) atoms. The summed E-state index contributed by atoms with van der Waals surface area (Å²) >= 11 is 1.71. The summed E-state index contributed by atoms with van der Waals surface area (Å²) in [6.45, 7) is 4.37. The highest BCUT2D eigenvalue weighted by atomic mass is 32.1. The van der Waals surface area contributed by atoms with Gasteiger partial charge in [-0.25, -0.2) is 0 Å². The van der Waals surface area contributed by atoms with E-state index in [2.05, 4.69) is 42.8 Å². The van der Waals surface area contributed by atoms with Crippen LogP contribution in [-0.2, 0) is 6.42 Å². The smallest absolute Gasteiger partial charge is 0.0793 e. The summed E-state index contributed by atoms with van der Waals surface area (Å²) in [5.41, 5.74) is 3.66. The van der Waals surface area contributed by atoms with E-state index in [4.69, 9.17) is 0 Å². The fourth-order valence-electron chi connectivity index (χ4n) is 2.01. The molecule has 0 aliphatic carbocycles. The molecule has 0 aliphatic heterocycles. The van der Waals surface area contributed by atoms with Crippen LogP contribution in [0.25, 0.3) is 0 Å². The van der Waals surface area contributed by atoms with Gasteiger partial charge in [0.15, 0.2) is 0 Å². The van der Waals surface area contributed by atoms with Crippen LogP contribution in [0.4, 0.5) is 0 Å². The van der Waals surface area contributed by atoms with E-state index in [9.17, 15) is 5.11 Å². The van der Waals surface area contributed by atoms with Crippen LogP contribution in [0.2, 0.25) is 0 Å². The minimum atomic E-state index is -0.355. The zero-order valence-corrected chi connectivity index (χ0v) is 11.8. The largest absolute Gasteiger partial charge is 0.388 e. The SMILES string of the molecule is CC(C)c1ccc(C(O)CCc2ccsc2)cc1. The molecule has 1 aromatic heterocycles. The van der Waals surface area contributed by atoms with Crippen LogP contribution in [0, 0.1) is 0 Å². The molecule has 0 fully saturated rings. The Labute approximate surface area is 113 Å². The molecule has 1 unspecified atom stereocenters. The maximum Gasteiger partial charge on any atom is 0.0793 e. The molecule has 1 atom stereocenters. The average Bonchev–Trinajstić information content (AvgIpc) is 2.89. The Balaban J connectivity index is 1.94. The normalized spacial score (nSPS) is 12.9. The number of hydrogen-bond acceptors (Lipinski definition) is 2. The highest BCUT2D eigenvalue weighted by Gasteiger charge is 2.08. The number of aliphatic hydroxyl groups is 1. The van der Waals surface area contributed by atoms with Crippen molar-refractivity contribution >= 4 is 11.3 Å². The van der Waals surface area contributed by atoms with Crippen molar-refractivity contribution < 1.29 is 5.11 Å². The van der Waals surface area contributed by atoms with Crippen molar-refractivity contribution in [2.75, 3.05) is 0 Å². The maximum atomic E-state index is 10.2. The Morgan fingerprint density at radius 1 is 1.06 bits per heavy atom. The van der Waals surface area contributed by atoms with Crippen LogP contribution in [0.15, 0.2) is 41.1 Å². The first-order valence-corrected chi connectivity index (χ1v) is 7.40. The summed E-state index contributed by atoms with van der Waals surface area (Å²) in [7, 11) is 0. The lowest BCUT2D eigenvalue weighted by atomic mass is 9.98. The minimum Gasteiger partial charge on any atom is -0.388 e. The van der Waals surface area contributed by atoms with Crippen molar-refractivity contribution in [3.8, 4) is 0 Å². The molecule has 1 N–H and O–H groups in total. The number of hydrogen-bond donors (Lipinski definition) is 1. The van der Waals surface area contributed by atoms with Gasteiger partial charge in [0.25, 0.3) is 0 Å². The minimum absolute atomic E-state index is 0.355. The number of aliphatic hydroxyl groups excluding tert-OH is 1. The van der Waals surface area contributed by atoms with E-state index in [1.807, 2.05) is 12.1 Å². The van der Waals surface area contributed by atoms with E-state index >= 15 is 0 Å². The molecule has 1 heterocycles. The fourth-order valence-corrected chi connectivity index (χ4v) is 2.71. The van der Waals surface area contributed by atoms with Crippen LogP contribution in [0.1, 0.15) is 49.0 Å². The van der Waals surface area contributed by atoms with Crippen molar-refractivity contribution in [1.82, 2.24) is 0 Å². The molecular formula is C16H20OS. The molecule has 0 aliphatic rings. The molecule has 0 amide bonds. The maximum absolute atomic E-state index is 10.2. The Bertz CT molecular complexity index is 456. The Hall–Kier alpha value is -1.12. The zero-order valence-electron chi connectivity index (χ0n) is 11.0.